The monoisotopic (exact) mass is 348 g/mol. The second-order valence-electron chi connectivity index (χ2n) is 6.12. The summed E-state index contributed by atoms with van der Waals surface area (Å²) < 4.78 is 5.46. The minimum absolute atomic E-state index is 0.0748. The van der Waals surface area contributed by atoms with Crippen molar-refractivity contribution in [1.29, 1.82) is 0 Å². The number of nitrogens with zero attached hydrogens (tertiary/aromatic N) is 1. The van der Waals surface area contributed by atoms with Crippen molar-refractivity contribution < 1.29 is 14.4 Å². The Bertz CT molecular complexity index is 653. The Kier molecular flexibility index (Phi) is 6.75. The molecular weight excluding hydrogens is 322 g/mol. The van der Waals surface area contributed by atoms with Crippen molar-refractivity contribution >= 4 is 17.2 Å². The van der Waals surface area contributed by atoms with Gasteiger partial charge in [-0.2, -0.15) is 0 Å². The molecule has 1 heterocycles. The Hall–Kier alpha value is -1.92. The average Bonchev–Trinajstić information content (AvgIpc) is 2.95. The quantitative estimate of drug-likeness (QED) is 0.764. The molecule has 2 N–H and O–H groups in total. The average molecular weight is 348 g/mol. The van der Waals surface area contributed by atoms with Gasteiger partial charge in [-0.15, -0.1) is 11.3 Å². The first-order valence-electron chi connectivity index (χ1n) is 8.26. The summed E-state index contributed by atoms with van der Waals surface area (Å²) in [6.07, 6.45) is 0. The lowest BCUT2D eigenvalue weighted by Crippen LogP contribution is -3.09. The van der Waals surface area contributed by atoms with Crippen LogP contribution in [0.2, 0.25) is 0 Å². The van der Waals surface area contributed by atoms with Crippen LogP contribution in [0.5, 0.6) is 5.75 Å². The molecule has 5 nitrogen and oxygen atoms in total. The molecule has 1 amide bonds. The van der Waals surface area contributed by atoms with Crippen LogP contribution in [0, 0.1) is 0 Å². The van der Waals surface area contributed by atoms with E-state index in [4.69, 9.17) is 4.74 Å². The van der Waals surface area contributed by atoms with Crippen LogP contribution in [-0.2, 0) is 11.3 Å². The van der Waals surface area contributed by atoms with Crippen LogP contribution in [0.3, 0.4) is 0 Å². The Morgan fingerprint density at radius 1 is 1.33 bits per heavy atom. The normalized spacial score (nSPS) is 12.2. The topological polar surface area (TPSA) is 55.7 Å². The number of hydrogen-bond donors (Lipinski definition) is 2. The van der Waals surface area contributed by atoms with Crippen LogP contribution < -0.4 is 15.0 Å². The van der Waals surface area contributed by atoms with E-state index < -0.39 is 0 Å². The van der Waals surface area contributed by atoms with E-state index in [9.17, 15) is 4.79 Å². The lowest BCUT2D eigenvalue weighted by molar-refractivity contribution is -0.885. The number of carbonyl (C=O) groups excluding carboxylic acids is 1. The number of carbonyl (C=O) groups is 1. The third-order valence-corrected chi connectivity index (χ3v) is 4.23. The fourth-order valence-electron chi connectivity index (χ4n) is 2.38. The van der Waals surface area contributed by atoms with E-state index in [0.717, 1.165) is 33.5 Å². The number of amides is 1. The molecule has 0 saturated heterocycles. The zero-order chi connectivity index (χ0) is 17.5. The summed E-state index contributed by atoms with van der Waals surface area (Å²) in [5.74, 6) is 0.947. The van der Waals surface area contributed by atoms with Gasteiger partial charge in [0.05, 0.1) is 19.3 Å². The van der Waals surface area contributed by atoms with Crippen molar-refractivity contribution in [2.24, 2.45) is 0 Å². The predicted molar refractivity (Wildman–Crippen MR) is 97.5 cm³/mol. The van der Waals surface area contributed by atoms with Gasteiger partial charge in [-0.3, -0.25) is 4.79 Å². The van der Waals surface area contributed by atoms with Crippen LogP contribution >= 0.6 is 11.3 Å². The zero-order valence-electron chi connectivity index (χ0n) is 14.8. The Morgan fingerprint density at radius 2 is 2.04 bits per heavy atom. The number of nitrogens with one attached hydrogen (secondary N) is 2. The predicted octanol–water partition coefficient (Wildman–Crippen LogP) is 1.75. The number of quaternary nitrogens is 1. The van der Waals surface area contributed by atoms with E-state index in [0.29, 0.717) is 13.2 Å². The van der Waals surface area contributed by atoms with E-state index in [1.165, 1.54) is 0 Å². The summed E-state index contributed by atoms with van der Waals surface area (Å²) in [4.78, 5) is 17.6. The lowest BCUT2D eigenvalue weighted by Gasteiger charge is -2.13. The third kappa shape index (κ3) is 5.62. The van der Waals surface area contributed by atoms with Gasteiger partial charge in [-0.1, -0.05) is 0 Å². The van der Waals surface area contributed by atoms with Gasteiger partial charge in [-0.25, -0.2) is 4.98 Å². The first-order chi connectivity index (χ1) is 11.5. The molecule has 0 fully saturated rings. The second kappa shape index (κ2) is 8.80. The highest BCUT2D eigenvalue weighted by Crippen LogP contribution is 2.24. The third-order valence-electron chi connectivity index (χ3n) is 3.38. The van der Waals surface area contributed by atoms with Crippen molar-refractivity contribution in [3.63, 3.8) is 0 Å². The van der Waals surface area contributed by atoms with E-state index in [-0.39, 0.29) is 11.9 Å². The highest BCUT2D eigenvalue weighted by molar-refractivity contribution is 7.09. The molecule has 0 spiro atoms. The number of thiazole rings is 1. The summed E-state index contributed by atoms with van der Waals surface area (Å²) >= 11 is 1.63. The van der Waals surface area contributed by atoms with E-state index in [2.05, 4.69) is 15.7 Å². The van der Waals surface area contributed by atoms with Gasteiger partial charge in [-0.05, 0) is 45.0 Å². The van der Waals surface area contributed by atoms with E-state index in [1.807, 2.05) is 52.1 Å². The number of hydrogen-bond acceptors (Lipinski definition) is 4. The van der Waals surface area contributed by atoms with Crippen LogP contribution in [0.25, 0.3) is 11.3 Å². The van der Waals surface area contributed by atoms with Crippen molar-refractivity contribution in [2.45, 2.75) is 33.4 Å². The summed E-state index contributed by atoms with van der Waals surface area (Å²) in [5.41, 5.74) is 2.05. The molecule has 0 aliphatic carbocycles. The van der Waals surface area contributed by atoms with E-state index in [1.54, 1.807) is 11.3 Å². The molecule has 0 bridgehead atoms. The molecule has 0 radical (unpaired) electrons. The molecule has 6 heteroatoms. The largest absolute Gasteiger partial charge is 0.494 e. The molecule has 0 aliphatic rings. The minimum Gasteiger partial charge on any atom is -0.494 e. The molecule has 0 aliphatic heterocycles. The summed E-state index contributed by atoms with van der Waals surface area (Å²) in [7, 11) is 2.01. The first-order valence-corrected chi connectivity index (χ1v) is 9.14. The fourth-order valence-corrected chi connectivity index (χ4v) is 3.30. The number of likely N-dealkylation sites (N-methyl/N-ethyl adjacent to an activating group) is 1. The lowest BCUT2D eigenvalue weighted by atomic mass is 10.2. The minimum atomic E-state index is 0.0748. The van der Waals surface area contributed by atoms with Crippen molar-refractivity contribution in [3.05, 3.63) is 34.7 Å². The molecule has 24 heavy (non-hydrogen) atoms. The standard InChI is InChI=1S/C18H25N3O2S/c1-5-23-15-8-6-14(7-9-15)16-12-24-18(20-16)11-21(4)10-17(22)19-13(2)3/h6-9,12-13H,5,10-11H2,1-4H3,(H,19,22)/p+1. The van der Waals surface area contributed by atoms with Crippen LogP contribution in [-0.4, -0.2) is 37.1 Å². The first kappa shape index (κ1) is 18.4. The Morgan fingerprint density at radius 3 is 2.67 bits per heavy atom. The molecule has 1 aromatic heterocycles. The van der Waals surface area contributed by atoms with Crippen LogP contribution in [0.1, 0.15) is 25.8 Å². The SMILES string of the molecule is CCOc1ccc(-c2csc(C[NH+](C)CC(=O)NC(C)C)n2)cc1. The summed E-state index contributed by atoms with van der Waals surface area (Å²) in [6, 6.07) is 8.15. The molecule has 1 unspecified atom stereocenters. The molecular formula is C18H26N3O2S+. The molecule has 0 saturated carbocycles. The van der Waals surface area contributed by atoms with Gasteiger partial charge in [0.15, 0.2) is 6.54 Å². The van der Waals surface area contributed by atoms with Gasteiger partial charge >= 0.3 is 0 Å². The molecule has 1 aromatic carbocycles. The van der Waals surface area contributed by atoms with E-state index >= 15 is 0 Å². The molecule has 2 aromatic rings. The van der Waals surface area contributed by atoms with Crippen LogP contribution in [0.15, 0.2) is 29.6 Å². The van der Waals surface area contributed by atoms with Crippen LogP contribution in [0.4, 0.5) is 0 Å². The Labute approximate surface area is 147 Å². The molecule has 2 rings (SSSR count). The number of aromatic nitrogens is 1. The zero-order valence-corrected chi connectivity index (χ0v) is 15.6. The van der Waals surface area contributed by atoms with Crippen molar-refractivity contribution in [3.8, 4) is 17.0 Å². The number of benzene rings is 1. The van der Waals surface area contributed by atoms with Gasteiger partial charge in [0.1, 0.15) is 17.3 Å². The molecule has 130 valence electrons. The van der Waals surface area contributed by atoms with Crippen molar-refractivity contribution in [2.75, 3.05) is 20.2 Å². The maximum absolute atomic E-state index is 11.8. The highest BCUT2D eigenvalue weighted by atomic mass is 32.1. The highest BCUT2D eigenvalue weighted by Gasteiger charge is 2.14. The fraction of sp³-hybridized carbons (Fsp3) is 0.444. The Balaban J connectivity index is 1.93. The summed E-state index contributed by atoms with van der Waals surface area (Å²) in [5, 5.41) is 6.02. The molecule has 1 atom stereocenters. The smallest absolute Gasteiger partial charge is 0.275 e. The second-order valence-corrected chi connectivity index (χ2v) is 7.06. The van der Waals surface area contributed by atoms with Gasteiger partial charge in [0, 0.05) is 17.0 Å². The van der Waals surface area contributed by atoms with Gasteiger partial charge in [0.25, 0.3) is 5.91 Å². The maximum Gasteiger partial charge on any atom is 0.275 e. The van der Waals surface area contributed by atoms with Crippen molar-refractivity contribution in [1.82, 2.24) is 10.3 Å². The van der Waals surface area contributed by atoms with Gasteiger partial charge < -0.3 is 15.0 Å². The number of ether oxygens (including phenoxy) is 1. The number of rotatable bonds is 8. The summed E-state index contributed by atoms with van der Waals surface area (Å²) in [6.45, 7) is 7.78. The maximum atomic E-state index is 11.8. The van der Waals surface area contributed by atoms with Gasteiger partial charge in [0.2, 0.25) is 0 Å².